The molecule has 13 nitrogen and oxygen atoms in total. The summed E-state index contributed by atoms with van der Waals surface area (Å²) in [7, 11) is 0. The molecule has 15 heteroatoms. The summed E-state index contributed by atoms with van der Waals surface area (Å²) in [5, 5.41) is 14.8. The Morgan fingerprint density at radius 1 is 1.08 bits per heavy atom. The van der Waals surface area contributed by atoms with Crippen LogP contribution in [0.15, 0.2) is 30.6 Å². The minimum Gasteiger partial charge on any atom is -0.324 e. The molecule has 3 aliphatic heterocycles. The Morgan fingerprint density at radius 2 is 1.79 bits per heavy atom. The Bertz CT molecular complexity index is 1730. The molecule has 1 saturated carbocycles. The van der Waals surface area contributed by atoms with Crippen molar-refractivity contribution < 1.29 is 19.2 Å². The lowest BCUT2D eigenvalue weighted by Crippen LogP contribution is -2.58. The van der Waals surface area contributed by atoms with Crippen LogP contribution in [0.25, 0.3) is 0 Å². The Hall–Kier alpha value is -3.61. The van der Waals surface area contributed by atoms with Gasteiger partial charge in [-0.2, -0.15) is 5.26 Å². The third-order valence-corrected chi connectivity index (χ3v) is 12.3. The third-order valence-electron chi connectivity index (χ3n) is 11.5. The highest BCUT2D eigenvalue weighted by molar-refractivity contribution is 7.81. The zero-order valence-electron chi connectivity index (χ0n) is 30.9. The molecule has 0 radical (unpaired) electrons. The molecule has 53 heavy (non-hydrogen) atoms. The predicted molar refractivity (Wildman–Crippen MR) is 205 cm³/mol. The number of carbonyl (C=O) groups excluding carboxylic acids is 4. The number of piperazine rings is 1. The number of aromatic nitrogens is 2. The fourth-order valence-electron chi connectivity index (χ4n) is 8.76. The minimum atomic E-state index is -0.733. The van der Waals surface area contributed by atoms with Crippen LogP contribution in [0.4, 0.5) is 11.4 Å². The van der Waals surface area contributed by atoms with Crippen molar-refractivity contribution >= 4 is 59.2 Å². The largest absolute Gasteiger partial charge is 0.324 e. The number of pyridine rings is 2. The number of hydrogen-bond acceptors (Lipinski definition) is 11. The van der Waals surface area contributed by atoms with Gasteiger partial charge in [-0.25, -0.2) is 4.98 Å². The smallest absolute Gasteiger partial charge is 0.249 e. The van der Waals surface area contributed by atoms with E-state index in [9.17, 15) is 24.4 Å². The molecule has 2 aromatic heterocycles. The molecule has 0 bridgehead atoms. The van der Waals surface area contributed by atoms with Crippen molar-refractivity contribution in [3.05, 3.63) is 47.0 Å². The highest BCUT2D eigenvalue weighted by Crippen LogP contribution is 2.43. The van der Waals surface area contributed by atoms with Gasteiger partial charge >= 0.3 is 0 Å². The van der Waals surface area contributed by atoms with E-state index in [1.165, 1.54) is 12.6 Å². The summed E-state index contributed by atoms with van der Waals surface area (Å²) in [4.78, 5) is 67.5. The first-order valence-corrected chi connectivity index (χ1v) is 19.6. The number of halogens is 1. The first-order valence-electron chi connectivity index (χ1n) is 18.7. The number of nitrogens with one attached hydrogen (secondary N) is 2. The number of nitrogens with zero attached hydrogens (tertiary/aromatic N) is 7. The molecule has 2 aromatic rings. The Balaban J connectivity index is 0.924. The summed E-state index contributed by atoms with van der Waals surface area (Å²) < 4.78 is 0. The summed E-state index contributed by atoms with van der Waals surface area (Å²) in [5.74, 6) is -0.550. The second-order valence-electron chi connectivity index (χ2n) is 15.6. The normalized spacial score (nSPS) is 28.5. The molecule has 3 saturated heterocycles. The van der Waals surface area contributed by atoms with Crippen LogP contribution in [0.3, 0.4) is 0 Å². The van der Waals surface area contributed by atoms with Crippen molar-refractivity contribution in [3.8, 4) is 6.07 Å². The van der Waals surface area contributed by atoms with Crippen molar-refractivity contribution in [1.29, 1.82) is 5.26 Å². The Labute approximate surface area is 322 Å². The van der Waals surface area contributed by atoms with Crippen molar-refractivity contribution in [3.63, 3.8) is 0 Å². The Morgan fingerprint density at radius 3 is 2.42 bits per heavy atom. The van der Waals surface area contributed by atoms with Crippen LogP contribution < -0.4 is 15.5 Å². The van der Waals surface area contributed by atoms with Crippen LogP contribution in [0.2, 0.25) is 5.02 Å². The molecule has 2 unspecified atom stereocenters. The topological polar surface area (TPSA) is 155 Å². The predicted octanol–water partition coefficient (Wildman–Crippen LogP) is 4.53. The number of thiol groups is 1. The number of nitriles is 1. The maximum absolute atomic E-state index is 13.6. The molecular weight excluding hydrogens is 714 g/mol. The van der Waals surface area contributed by atoms with Crippen molar-refractivity contribution in [2.75, 3.05) is 36.4 Å². The standard InChI is InChI=1S/C38H50ClN9O4S/c1-23-20-45(21-24(2)46(23)22-34(50)43-26-9-13-31(41-18-26)29-12-14-33(49)44-35(29)51)15-5-6-25-7-10-27(11-8-25)48-37(53)47(36(52)38(48,3)4)28-16-30(39)32(17-40)42-19-28/h9,13,16,18-19,23-25,27,29,37,53H,5-8,10-12,14-15,20-22H2,1-4H3,(H,43,50)(H,44,49,51)/t23-,24+,25?,27?,29?,37?. The molecule has 4 atom stereocenters. The molecule has 284 valence electrons. The molecule has 6 rings (SSSR count). The molecular formula is C38H50ClN9O4S. The molecule has 5 heterocycles. The summed E-state index contributed by atoms with van der Waals surface area (Å²) in [6.45, 7) is 11.4. The van der Waals surface area contributed by atoms with Gasteiger partial charge in [-0.3, -0.25) is 44.2 Å². The molecule has 4 amide bonds. The molecule has 1 aliphatic carbocycles. The lowest BCUT2D eigenvalue weighted by molar-refractivity contribution is -0.134. The molecule has 4 fully saturated rings. The number of anilines is 2. The second-order valence-corrected chi connectivity index (χ2v) is 16.5. The number of amides is 4. The van der Waals surface area contributed by atoms with E-state index in [0.717, 1.165) is 51.7 Å². The van der Waals surface area contributed by atoms with Crippen LogP contribution in [0.5, 0.6) is 0 Å². The van der Waals surface area contributed by atoms with Gasteiger partial charge in [0.25, 0.3) is 0 Å². The van der Waals surface area contributed by atoms with Crippen LogP contribution in [-0.4, -0.2) is 104 Å². The Kier molecular flexibility index (Phi) is 12.1. The van der Waals surface area contributed by atoms with E-state index in [1.807, 2.05) is 19.9 Å². The van der Waals surface area contributed by atoms with Crippen LogP contribution in [0.1, 0.15) is 96.4 Å². The lowest BCUT2D eigenvalue weighted by Gasteiger charge is -2.44. The number of hydrogen-bond donors (Lipinski definition) is 3. The average Bonchev–Trinajstić information content (AvgIpc) is 3.29. The van der Waals surface area contributed by atoms with Crippen molar-refractivity contribution in [1.82, 2.24) is 30.0 Å². The first kappa shape index (κ1) is 39.1. The highest BCUT2D eigenvalue weighted by Gasteiger charge is 2.54. The van der Waals surface area contributed by atoms with Crippen LogP contribution in [0, 0.1) is 17.2 Å². The average molecular weight is 764 g/mol. The van der Waals surface area contributed by atoms with Gasteiger partial charge in [-0.1, -0.05) is 11.6 Å². The van der Waals surface area contributed by atoms with Gasteiger partial charge in [0.15, 0.2) is 5.69 Å². The van der Waals surface area contributed by atoms with E-state index < -0.39 is 17.0 Å². The van der Waals surface area contributed by atoms with Gasteiger partial charge in [0.05, 0.1) is 52.5 Å². The molecule has 0 spiro atoms. The number of carbonyl (C=O) groups is 4. The van der Waals surface area contributed by atoms with Gasteiger partial charge in [-0.15, -0.1) is 12.6 Å². The van der Waals surface area contributed by atoms with Gasteiger partial charge in [0, 0.05) is 37.6 Å². The van der Waals surface area contributed by atoms with E-state index in [4.69, 9.17) is 24.2 Å². The van der Waals surface area contributed by atoms with Crippen molar-refractivity contribution in [2.45, 2.75) is 114 Å². The molecule has 0 aromatic carbocycles. The fourth-order valence-corrected chi connectivity index (χ4v) is 9.68. The van der Waals surface area contributed by atoms with Crippen molar-refractivity contribution in [2.24, 2.45) is 5.92 Å². The first-order chi connectivity index (χ1) is 25.3. The fraction of sp³-hybridized carbons (Fsp3) is 0.605. The van der Waals surface area contributed by atoms with Gasteiger partial charge < -0.3 is 10.2 Å². The zero-order valence-corrected chi connectivity index (χ0v) is 32.6. The van der Waals surface area contributed by atoms with E-state index in [0.29, 0.717) is 35.8 Å². The maximum Gasteiger partial charge on any atom is 0.249 e. The van der Waals surface area contributed by atoms with Gasteiger partial charge in [0.2, 0.25) is 23.6 Å². The summed E-state index contributed by atoms with van der Waals surface area (Å²) in [5.41, 5.74) is 0.662. The van der Waals surface area contributed by atoms with Crippen LogP contribution >= 0.6 is 24.2 Å². The van der Waals surface area contributed by atoms with Gasteiger partial charge in [0.1, 0.15) is 11.6 Å². The zero-order chi connectivity index (χ0) is 38.0. The van der Waals surface area contributed by atoms with Gasteiger partial charge in [-0.05, 0) is 103 Å². The monoisotopic (exact) mass is 763 g/mol. The maximum atomic E-state index is 13.6. The van der Waals surface area contributed by atoms with E-state index in [2.05, 4.69) is 49.1 Å². The molecule has 2 N–H and O–H groups in total. The summed E-state index contributed by atoms with van der Waals surface area (Å²) in [6.07, 6.45) is 10.4. The van der Waals surface area contributed by atoms with Crippen LogP contribution in [-0.2, 0) is 19.2 Å². The SMILES string of the molecule is C[C@@H]1CN(CCCC2CCC(N3C(S)N(c4cnc(C#N)c(Cl)c4)C(=O)C3(C)C)CC2)C[C@H](C)N1CC(=O)Nc1ccc(C2CCC(=O)NC2=O)nc1. The van der Waals surface area contributed by atoms with E-state index in [1.54, 1.807) is 29.3 Å². The molecule has 4 aliphatic rings. The second kappa shape index (κ2) is 16.4. The quantitative estimate of drug-likeness (QED) is 0.232. The number of piperidine rings is 1. The summed E-state index contributed by atoms with van der Waals surface area (Å²) >= 11 is 11.2. The lowest BCUT2D eigenvalue weighted by atomic mass is 9.81. The van der Waals surface area contributed by atoms with E-state index in [-0.39, 0.29) is 59.0 Å². The minimum absolute atomic E-state index is 0.0537. The van der Waals surface area contributed by atoms with E-state index >= 15 is 0 Å². The number of rotatable bonds is 10. The third kappa shape index (κ3) is 8.55. The number of imide groups is 1. The summed E-state index contributed by atoms with van der Waals surface area (Å²) in [6, 6.07) is 7.77. The highest BCUT2D eigenvalue weighted by atomic mass is 35.5.